The van der Waals surface area contributed by atoms with Crippen LogP contribution in [0.1, 0.15) is 60.3 Å². The van der Waals surface area contributed by atoms with E-state index in [-0.39, 0.29) is 0 Å². The number of aliphatic hydroxyl groups is 1. The molecule has 1 N–H and O–H groups in total. The Labute approximate surface area is 253 Å². The van der Waals surface area contributed by atoms with Gasteiger partial charge in [0.05, 0.1) is 5.60 Å². The van der Waals surface area contributed by atoms with Crippen LogP contribution in [0.25, 0.3) is 0 Å². The zero-order valence-corrected chi connectivity index (χ0v) is 25.2. The molecule has 4 aromatic carbocycles. The van der Waals surface area contributed by atoms with Crippen LogP contribution < -0.4 is 0 Å². The first-order valence-corrected chi connectivity index (χ1v) is 16.0. The van der Waals surface area contributed by atoms with Crippen LogP contribution in [0.5, 0.6) is 0 Å². The first-order chi connectivity index (χ1) is 20.7. The van der Waals surface area contributed by atoms with E-state index in [9.17, 15) is 5.11 Å². The normalized spacial score (nSPS) is 17.7. The third-order valence-electron chi connectivity index (χ3n) is 9.20. The Morgan fingerprint density at radius 1 is 0.548 bits per heavy atom. The Morgan fingerprint density at radius 3 is 1.60 bits per heavy atom. The predicted molar refractivity (Wildman–Crippen MR) is 176 cm³/mol. The third-order valence-corrected chi connectivity index (χ3v) is 9.20. The molecule has 0 saturated carbocycles. The highest BCUT2D eigenvalue weighted by molar-refractivity contribution is 5.23. The summed E-state index contributed by atoms with van der Waals surface area (Å²) in [7, 11) is 0. The van der Waals surface area contributed by atoms with Gasteiger partial charge in [-0.15, -0.1) is 0 Å². The quantitative estimate of drug-likeness (QED) is 0.227. The summed E-state index contributed by atoms with van der Waals surface area (Å²) in [4.78, 5) is 5.10. The van der Waals surface area contributed by atoms with Gasteiger partial charge in [-0.3, -0.25) is 0 Å². The zero-order chi connectivity index (χ0) is 28.9. The molecule has 0 amide bonds. The van der Waals surface area contributed by atoms with Gasteiger partial charge in [-0.25, -0.2) is 0 Å². The van der Waals surface area contributed by atoms with Gasteiger partial charge in [-0.1, -0.05) is 121 Å². The number of piperidine rings is 2. The highest BCUT2D eigenvalue weighted by atomic mass is 16.3. The van der Waals surface area contributed by atoms with Gasteiger partial charge in [0.25, 0.3) is 0 Å². The molecule has 0 bridgehead atoms. The van der Waals surface area contributed by atoms with Crippen molar-refractivity contribution in [3.05, 3.63) is 144 Å². The molecule has 2 fully saturated rings. The third kappa shape index (κ3) is 9.13. The molecule has 0 spiro atoms. The van der Waals surface area contributed by atoms with Crippen molar-refractivity contribution in [1.82, 2.24) is 9.80 Å². The molecule has 0 radical (unpaired) electrons. The van der Waals surface area contributed by atoms with Crippen LogP contribution in [0, 0.1) is 0 Å². The van der Waals surface area contributed by atoms with Gasteiger partial charge < -0.3 is 14.9 Å². The van der Waals surface area contributed by atoms with Crippen LogP contribution >= 0.6 is 0 Å². The second-order valence-corrected chi connectivity index (χ2v) is 12.1. The molecule has 2 aliphatic heterocycles. The van der Waals surface area contributed by atoms with Crippen molar-refractivity contribution in [2.75, 3.05) is 39.3 Å². The van der Waals surface area contributed by atoms with E-state index in [0.29, 0.717) is 0 Å². The van der Waals surface area contributed by atoms with Crippen LogP contribution in [0.15, 0.2) is 121 Å². The standard InChI is InChI=1S/C20H25N.C19H23NO/c1-3-8-18(9-4-1)10-7-15-21-16-13-20(14-17-21)19-11-5-2-6-12-19;21-19(18-9-5-2-6-10-18)12-15-20(16-13-19)14-11-17-7-3-1-4-8-17/h1-6,8-9,11-12,20H,7,10,13-17H2;1-10,21H,11-16H2. The fourth-order valence-electron chi connectivity index (χ4n) is 6.48. The lowest BCUT2D eigenvalue weighted by Gasteiger charge is -2.38. The van der Waals surface area contributed by atoms with Crippen LogP contribution in [-0.2, 0) is 18.4 Å². The van der Waals surface area contributed by atoms with Crippen LogP contribution in [-0.4, -0.2) is 54.2 Å². The van der Waals surface area contributed by atoms with Crippen molar-refractivity contribution in [2.24, 2.45) is 0 Å². The maximum absolute atomic E-state index is 10.8. The topological polar surface area (TPSA) is 26.7 Å². The van der Waals surface area contributed by atoms with E-state index < -0.39 is 5.60 Å². The lowest BCUT2D eigenvalue weighted by atomic mass is 9.84. The van der Waals surface area contributed by atoms with Crippen molar-refractivity contribution in [3.8, 4) is 0 Å². The first kappa shape index (κ1) is 30.2. The number of benzene rings is 4. The van der Waals surface area contributed by atoms with Crippen LogP contribution in [0.4, 0.5) is 0 Å². The highest BCUT2D eigenvalue weighted by Crippen LogP contribution is 2.32. The summed E-state index contributed by atoms with van der Waals surface area (Å²) in [5.41, 5.74) is 4.82. The molecule has 2 heterocycles. The number of hydrogen-bond donors (Lipinski definition) is 1. The lowest BCUT2D eigenvalue weighted by Crippen LogP contribution is -2.43. The molecule has 3 heteroatoms. The van der Waals surface area contributed by atoms with Gasteiger partial charge in [0.2, 0.25) is 0 Å². The van der Waals surface area contributed by atoms with Crippen molar-refractivity contribution in [3.63, 3.8) is 0 Å². The molecule has 2 aliphatic rings. The average Bonchev–Trinajstić information content (AvgIpc) is 3.07. The highest BCUT2D eigenvalue weighted by Gasteiger charge is 2.33. The molecule has 42 heavy (non-hydrogen) atoms. The lowest BCUT2D eigenvalue weighted by molar-refractivity contribution is -0.0255. The summed E-state index contributed by atoms with van der Waals surface area (Å²) >= 11 is 0. The number of hydrogen-bond acceptors (Lipinski definition) is 3. The summed E-state index contributed by atoms with van der Waals surface area (Å²) in [5.74, 6) is 0.775. The second kappa shape index (κ2) is 15.8. The first-order valence-electron chi connectivity index (χ1n) is 16.0. The number of likely N-dealkylation sites (tertiary alicyclic amines) is 2. The van der Waals surface area contributed by atoms with Gasteiger partial charge in [0, 0.05) is 19.6 Å². The molecule has 220 valence electrons. The number of aryl methyl sites for hydroxylation is 1. The molecule has 6 rings (SSSR count). The van der Waals surface area contributed by atoms with E-state index in [1.807, 2.05) is 30.3 Å². The number of nitrogens with zero attached hydrogens (tertiary/aromatic N) is 2. The zero-order valence-electron chi connectivity index (χ0n) is 25.2. The van der Waals surface area contributed by atoms with Crippen molar-refractivity contribution in [2.45, 2.75) is 56.5 Å². The maximum atomic E-state index is 10.8. The van der Waals surface area contributed by atoms with E-state index >= 15 is 0 Å². The fraction of sp³-hybridized carbons (Fsp3) is 0.385. The predicted octanol–water partition coefficient (Wildman–Crippen LogP) is 7.71. The minimum atomic E-state index is -0.634. The van der Waals surface area contributed by atoms with Crippen molar-refractivity contribution in [1.29, 1.82) is 0 Å². The Balaban J connectivity index is 0.000000168. The maximum Gasteiger partial charge on any atom is 0.0920 e. The van der Waals surface area contributed by atoms with Crippen molar-refractivity contribution >= 4 is 0 Å². The van der Waals surface area contributed by atoms with Gasteiger partial charge in [-0.2, -0.15) is 0 Å². The van der Waals surface area contributed by atoms with Crippen LogP contribution in [0.3, 0.4) is 0 Å². The summed E-state index contributed by atoms with van der Waals surface area (Å²) < 4.78 is 0. The molecule has 0 unspecified atom stereocenters. The average molecular weight is 561 g/mol. The summed E-state index contributed by atoms with van der Waals surface area (Å²) in [6, 6.07) is 42.6. The summed E-state index contributed by atoms with van der Waals surface area (Å²) in [6.07, 6.45) is 7.85. The fourth-order valence-corrected chi connectivity index (χ4v) is 6.48. The Morgan fingerprint density at radius 2 is 1.02 bits per heavy atom. The Hall–Kier alpha value is -3.24. The molecule has 2 saturated heterocycles. The molecule has 3 nitrogen and oxygen atoms in total. The van der Waals surface area contributed by atoms with Crippen LogP contribution in [0.2, 0.25) is 0 Å². The smallest absolute Gasteiger partial charge is 0.0920 e. The monoisotopic (exact) mass is 560 g/mol. The van der Waals surface area contributed by atoms with E-state index in [1.165, 1.54) is 62.0 Å². The summed E-state index contributed by atoms with van der Waals surface area (Å²) in [5, 5.41) is 10.8. The van der Waals surface area contributed by atoms with Gasteiger partial charge in [0.1, 0.15) is 0 Å². The molecule has 0 aliphatic carbocycles. The summed E-state index contributed by atoms with van der Waals surface area (Å²) in [6.45, 7) is 6.78. The van der Waals surface area contributed by atoms with Gasteiger partial charge >= 0.3 is 0 Å². The van der Waals surface area contributed by atoms with E-state index in [1.54, 1.807) is 0 Å². The van der Waals surface area contributed by atoms with Crippen molar-refractivity contribution < 1.29 is 5.11 Å². The molecular formula is C39H48N2O. The van der Waals surface area contributed by atoms with Gasteiger partial charge in [-0.05, 0) is 92.8 Å². The Kier molecular flexibility index (Phi) is 11.4. The SMILES string of the molecule is OC1(c2ccccc2)CCN(CCc2ccccc2)CC1.c1ccc(CCCN2CCC(c3ccccc3)CC2)cc1. The Bertz CT molecular complexity index is 1260. The number of rotatable bonds is 9. The molecule has 0 aromatic heterocycles. The largest absolute Gasteiger partial charge is 0.385 e. The molecule has 4 aromatic rings. The minimum absolute atomic E-state index is 0.634. The van der Waals surface area contributed by atoms with E-state index in [2.05, 4.69) is 101 Å². The van der Waals surface area contributed by atoms with E-state index in [0.717, 1.165) is 50.4 Å². The van der Waals surface area contributed by atoms with E-state index in [4.69, 9.17) is 0 Å². The molecular weight excluding hydrogens is 512 g/mol. The molecule has 0 atom stereocenters. The van der Waals surface area contributed by atoms with Gasteiger partial charge in [0.15, 0.2) is 0 Å². The minimum Gasteiger partial charge on any atom is -0.385 e. The second-order valence-electron chi connectivity index (χ2n) is 12.1.